The van der Waals surface area contributed by atoms with Crippen LogP contribution in [-0.4, -0.2) is 42.2 Å². The second kappa shape index (κ2) is 8.36. The zero-order valence-electron chi connectivity index (χ0n) is 15.7. The lowest BCUT2D eigenvalue weighted by molar-refractivity contribution is -0.121. The molecule has 1 aliphatic heterocycles. The van der Waals surface area contributed by atoms with E-state index in [-0.39, 0.29) is 11.9 Å². The lowest BCUT2D eigenvalue weighted by Crippen LogP contribution is -2.37. The molecule has 1 fully saturated rings. The van der Waals surface area contributed by atoms with Gasteiger partial charge in [0.25, 0.3) is 0 Å². The Kier molecular flexibility index (Phi) is 5.93. The SMILES string of the molecule is COc1ccc(CCC(=O)NC2CCN(Cc3c(C)noc3C)C2)cc1. The van der Waals surface area contributed by atoms with E-state index in [4.69, 9.17) is 9.26 Å². The van der Waals surface area contributed by atoms with Crippen molar-refractivity contribution >= 4 is 5.91 Å². The van der Waals surface area contributed by atoms with Gasteiger partial charge in [0.2, 0.25) is 5.91 Å². The highest BCUT2D eigenvalue weighted by Crippen LogP contribution is 2.19. The first-order valence-corrected chi connectivity index (χ1v) is 9.11. The number of carbonyl (C=O) groups is 1. The minimum absolute atomic E-state index is 0.116. The van der Waals surface area contributed by atoms with Crippen LogP contribution in [0.2, 0.25) is 0 Å². The number of likely N-dealkylation sites (tertiary alicyclic amines) is 1. The summed E-state index contributed by atoms with van der Waals surface area (Å²) in [6.45, 7) is 6.61. The van der Waals surface area contributed by atoms with Crippen molar-refractivity contribution in [1.29, 1.82) is 0 Å². The van der Waals surface area contributed by atoms with Crippen LogP contribution in [0.5, 0.6) is 5.75 Å². The number of benzene rings is 1. The summed E-state index contributed by atoms with van der Waals surface area (Å²) in [5.74, 6) is 1.84. The van der Waals surface area contributed by atoms with E-state index in [9.17, 15) is 4.79 Å². The molecule has 1 aromatic carbocycles. The van der Waals surface area contributed by atoms with Gasteiger partial charge in [-0.05, 0) is 44.4 Å². The molecule has 1 N–H and O–H groups in total. The van der Waals surface area contributed by atoms with Crippen molar-refractivity contribution in [1.82, 2.24) is 15.4 Å². The molecule has 1 atom stereocenters. The van der Waals surface area contributed by atoms with Crippen molar-refractivity contribution in [3.05, 3.63) is 46.8 Å². The van der Waals surface area contributed by atoms with Crippen molar-refractivity contribution in [2.24, 2.45) is 0 Å². The maximum atomic E-state index is 12.2. The number of nitrogens with zero attached hydrogens (tertiary/aromatic N) is 2. The van der Waals surface area contributed by atoms with Gasteiger partial charge < -0.3 is 14.6 Å². The van der Waals surface area contributed by atoms with Gasteiger partial charge in [-0.25, -0.2) is 0 Å². The summed E-state index contributed by atoms with van der Waals surface area (Å²) in [4.78, 5) is 14.6. The molecule has 3 rings (SSSR count). The molecule has 1 saturated heterocycles. The highest BCUT2D eigenvalue weighted by molar-refractivity contribution is 5.76. The number of amides is 1. The molecule has 1 unspecified atom stereocenters. The van der Waals surface area contributed by atoms with E-state index in [1.54, 1.807) is 7.11 Å². The van der Waals surface area contributed by atoms with Gasteiger partial charge in [-0.1, -0.05) is 17.3 Å². The first kappa shape index (κ1) is 18.5. The fourth-order valence-corrected chi connectivity index (χ4v) is 3.40. The lowest BCUT2D eigenvalue weighted by atomic mass is 10.1. The number of aryl methyl sites for hydroxylation is 3. The normalized spacial score (nSPS) is 17.4. The van der Waals surface area contributed by atoms with Crippen molar-refractivity contribution in [3.63, 3.8) is 0 Å². The third kappa shape index (κ3) is 4.64. The minimum atomic E-state index is 0.116. The van der Waals surface area contributed by atoms with Crippen LogP contribution < -0.4 is 10.1 Å². The topological polar surface area (TPSA) is 67.6 Å². The smallest absolute Gasteiger partial charge is 0.220 e. The van der Waals surface area contributed by atoms with Crippen molar-refractivity contribution in [3.8, 4) is 5.75 Å². The molecule has 0 radical (unpaired) electrons. The Morgan fingerprint density at radius 1 is 1.35 bits per heavy atom. The Morgan fingerprint density at radius 2 is 2.12 bits per heavy atom. The predicted octanol–water partition coefficient (Wildman–Crippen LogP) is 2.62. The predicted molar refractivity (Wildman–Crippen MR) is 99.1 cm³/mol. The zero-order valence-corrected chi connectivity index (χ0v) is 15.7. The molecule has 1 aliphatic rings. The van der Waals surface area contributed by atoms with E-state index in [1.165, 1.54) is 0 Å². The summed E-state index contributed by atoms with van der Waals surface area (Å²) in [6.07, 6.45) is 2.23. The van der Waals surface area contributed by atoms with Crippen molar-refractivity contribution in [2.75, 3.05) is 20.2 Å². The van der Waals surface area contributed by atoms with Gasteiger partial charge in [0.05, 0.1) is 12.8 Å². The average Bonchev–Trinajstić information content (AvgIpc) is 3.22. The highest BCUT2D eigenvalue weighted by Gasteiger charge is 2.25. The summed E-state index contributed by atoms with van der Waals surface area (Å²) < 4.78 is 10.4. The first-order chi connectivity index (χ1) is 12.5. The van der Waals surface area contributed by atoms with Crippen LogP contribution in [0.15, 0.2) is 28.8 Å². The molecule has 140 valence electrons. The largest absolute Gasteiger partial charge is 0.497 e. The van der Waals surface area contributed by atoms with E-state index in [2.05, 4.69) is 15.4 Å². The number of nitrogens with one attached hydrogen (secondary N) is 1. The lowest BCUT2D eigenvalue weighted by Gasteiger charge is -2.16. The number of hydrogen-bond acceptors (Lipinski definition) is 5. The van der Waals surface area contributed by atoms with E-state index in [0.717, 1.165) is 60.8 Å². The van der Waals surface area contributed by atoms with E-state index < -0.39 is 0 Å². The maximum absolute atomic E-state index is 12.2. The number of rotatable bonds is 7. The van der Waals surface area contributed by atoms with Gasteiger partial charge >= 0.3 is 0 Å². The fourth-order valence-electron chi connectivity index (χ4n) is 3.40. The van der Waals surface area contributed by atoms with Crippen LogP contribution in [0, 0.1) is 13.8 Å². The van der Waals surface area contributed by atoms with Gasteiger partial charge in [-0.2, -0.15) is 0 Å². The van der Waals surface area contributed by atoms with E-state index >= 15 is 0 Å². The number of ether oxygens (including phenoxy) is 1. The highest BCUT2D eigenvalue weighted by atomic mass is 16.5. The Hall–Kier alpha value is -2.34. The molecule has 0 aliphatic carbocycles. The molecule has 0 bridgehead atoms. The van der Waals surface area contributed by atoms with Crippen LogP contribution in [0.3, 0.4) is 0 Å². The van der Waals surface area contributed by atoms with E-state index in [1.807, 2.05) is 38.1 Å². The molecular formula is C20H27N3O3. The zero-order chi connectivity index (χ0) is 18.5. The Morgan fingerprint density at radius 3 is 2.77 bits per heavy atom. The summed E-state index contributed by atoms with van der Waals surface area (Å²) in [7, 11) is 1.65. The molecule has 2 aromatic rings. The first-order valence-electron chi connectivity index (χ1n) is 9.11. The van der Waals surface area contributed by atoms with Crippen LogP contribution in [0.1, 0.15) is 35.4 Å². The molecule has 1 amide bonds. The molecule has 2 heterocycles. The monoisotopic (exact) mass is 357 g/mol. The Labute approximate surface area is 154 Å². The van der Waals surface area contributed by atoms with Crippen LogP contribution in [0.4, 0.5) is 0 Å². The van der Waals surface area contributed by atoms with Crippen molar-refractivity contribution < 1.29 is 14.1 Å². The maximum Gasteiger partial charge on any atom is 0.220 e. The average molecular weight is 357 g/mol. The van der Waals surface area contributed by atoms with Crippen LogP contribution >= 0.6 is 0 Å². The second-order valence-corrected chi connectivity index (χ2v) is 6.94. The molecule has 6 nitrogen and oxygen atoms in total. The fraction of sp³-hybridized carbons (Fsp3) is 0.500. The summed E-state index contributed by atoms with van der Waals surface area (Å²) >= 11 is 0. The third-order valence-corrected chi connectivity index (χ3v) is 5.00. The Balaban J connectivity index is 1.42. The number of aromatic nitrogens is 1. The van der Waals surface area contributed by atoms with Gasteiger partial charge in [-0.15, -0.1) is 0 Å². The molecule has 1 aromatic heterocycles. The second-order valence-electron chi connectivity index (χ2n) is 6.94. The van der Waals surface area contributed by atoms with Crippen molar-refractivity contribution in [2.45, 2.75) is 45.7 Å². The van der Waals surface area contributed by atoms with Gasteiger partial charge in [0, 0.05) is 37.7 Å². The molecule has 26 heavy (non-hydrogen) atoms. The van der Waals surface area contributed by atoms with Crippen LogP contribution in [-0.2, 0) is 17.8 Å². The Bertz CT molecular complexity index is 720. The van der Waals surface area contributed by atoms with Gasteiger partial charge in [0.1, 0.15) is 11.5 Å². The minimum Gasteiger partial charge on any atom is -0.497 e. The summed E-state index contributed by atoms with van der Waals surface area (Å²) in [5.41, 5.74) is 3.26. The van der Waals surface area contributed by atoms with Gasteiger partial charge in [-0.3, -0.25) is 9.69 Å². The van der Waals surface area contributed by atoms with Crippen LogP contribution in [0.25, 0.3) is 0 Å². The number of methoxy groups -OCH3 is 1. The number of carbonyl (C=O) groups excluding carboxylic acids is 1. The number of hydrogen-bond donors (Lipinski definition) is 1. The van der Waals surface area contributed by atoms with E-state index in [0.29, 0.717) is 6.42 Å². The third-order valence-electron chi connectivity index (χ3n) is 5.00. The molecular weight excluding hydrogens is 330 g/mol. The molecule has 0 saturated carbocycles. The molecule has 6 heteroatoms. The summed E-state index contributed by atoms with van der Waals surface area (Å²) in [6, 6.07) is 8.09. The standard InChI is InChI=1S/C20H27N3O3/c1-14-19(15(2)26-22-14)13-23-11-10-17(12-23)21-20(24)9-6-16-4-7-18(25-3)8-5-16/h4-5,7-8,17H,6,9-13H2,1-3H3,(H,21,24). The molecule has 0 spiro atoms. The quantitative estimate of drug-likeness (QED) is 0.825. The van der Waals surface area contributed by atoms with Gasteiger partial charge in [0.15, 0.2) is 0 Å². The summed E-state index contributed by atoms with van der Waals surface area (Å²) in [5, 5.41) is 7.18.